The highest BCUT2D eigenvalue weighted by Gasteiger charge is 2.02. The van der Waals surface area contributed by atoms with Gasteiger partial charge in [-0.15, -0.1) is 5.10 Å². The maximum atomic E-state index is 5.76. The fourth-order valence-electron chi connectivity index (χ4n) is 1.28. The summed E-state index contributed by atoms with van der Waals surface area (Å²) in [5, 5.41) is 8.19. The van der Waals surface area contributed by atoms with Crippen LogP contribution in [0.3, 0.4) is 0 Å². The van der Waals surface area contributed by atoms with Crippen LogP contribution in [0.25, 0.3) is 0 Å². The SMILES string of the molecule is CC(=NN=C(N)c1cncc(Cl)n1)c1cccnc1. The number of halogens is 1. The van der Waals surface area contributed by atoms with Gasteiger partial charge in [0.05, 0.1) is 18.1 Å². The molecule has 2 heterocycles. The lowest BCUT2D eigenvalue weighted by Gasteiger charge is -1.99. The van der Waals surface area contributed by atoms with E-state index < -0.39 is 0 Å². The van der Waals surface area contributed by atoms with Gasteiger partial charge in [0.2, 0.25) is 0 Å². The van der Waals surface area contributed by atoms with Gasteiger partial charge in [0.25, 0.3) is 0 Å². The minimum absolute atomic E-state index is 0.151. The summed E-state index contributed by atoms with van der Waals surface area (Å²) in [4.78, 5) is 11.9. The monoisotopic (exact) mass is 274 g/mol. The number of hydrogen-bond acceptors (Lipinski definition) is 5. The third kappa shape index (κ3) is 3.56. The number of nitrogens with two attached hydrogens (primary N) is 1. The van der Waals surface area contributed by atoms with Crippen LogP contribution in [0.1, 0.15) is 18.2 Å². The molecule has 6 nitrogen and oxygen atoms in total. The van der Waals surface area contributed by atoms with Gasteiger partial charge in [-0.2, -0.15) is 5.10 Å². The molecule has 7 heteroatoms. The minimum atomic E-state index is 0.151. The number of hydrogen-bond donors (Lipinski definition) is 1. The lowest BCUT2D eigenvalue weighted by Crippen LogP contribution is -2.15. The van der Waals surface area contributed by atoms with Gasteiger partial charge in [-0.05, 0) is 13.0 Å². The summed E-state index contributed by atoms with van der Waals surface area (Å²) in [5.41, 5.74) is 7.71. The third-order valence-corrected chi connectivity index (χ3v) is 2.44. The molecular formula is C12H11ClN6. The van der Waals surface area contributed by atoms with E-state index in [1.54, 1.807) is 12.4 Å². The van der Waals surface area contributed by atoms with Crippen molar-refractivity contribution in [1.29, 1.82) is 0 Å². The molecule has 0 unspecified atom stereocenters. The molecule has 2 aromatic heterocycles. The van der Waals surface area contributed by atoms with Crippen molar-refractivity contribution in [2.75, 3.05) is 0 Å². The molecule has 0 aliphatic rings. The van der Waals surface area contributed by atoms with Crippen molar-refractivity contribution in [3.8, 4) is 0 Å². The molecule has 0 aliphatic heterocycles. The predicted molar refractivity (Wildman–Crippen MR) is 74.2 cm³/mol. The van der Waals surface area contributed by atoms with Crippen LogP contribution in [0.4, 0.5) is 0 Å². The Hall–Kier alpha value is -2.34. The molecule has 0 bridgehead atoms. The molecule has 0 fully saturated rings. The summed E-state index contributed by atoms with van der Waals surface area (Å²) in [5.74, 6) is 0.151. The first-order chi connectivity index (χ1) is 9.16. The molecule has 0 amide bonds. The van der Waals surface area contributed by atoms with Gasteiger partial charge in [-0.3, -0.25) is 9.97 Å². The normalized spacial score (nSPS) is 12.5. The fourth-order valence-corrected chi connectivity index (χ4v) is 1.43. The molecule has 96 valence electrons. The zero-order valence-electron chi connectivity index (χ0n) is 10.2. The Morgan fingerprint density at radius 2 is 2.05 bits per heavy atom. The van der Waals surface area contributed by atoms with E-state index in [2.05, 4.69) is 25.2 Å². The van der Waals surface area contributed by atoms with Crippen LogP contribution >= 0.6 is 11.6 Å². The van der Waals surface area contributed by atoms with E-state index in [0.717, 1.165) is 5.56 Å². The first-order valence-electron chi connectivity index (χ1n) is 5.43. The molecule has 2 aromatic rings. The van der Waals surface area contributed by atoms with Crippen LogP contribution in [0.15, 0.2) is 47.1 Å². The zero-order chi connectivity index (χ0) is 13.7. The Morgan fingerprint density at radius 3 is 2.74 bits per heavy atom. The van der Waals surface area contributed by atoms with E-state index in [-0.39, 0.29) is 11.0 Å². The standard InChI is InChI=1S/C12H11ClN6/c1-8(9-3-2-4-15-5-9)18-19-12(14)10-6-16-7-11(13)17-10/h2-7H,1H3,(H2,14,19). The third-order valence-electron chi connectivity index (χ3n) is 2.25. The van der Waals surface area contributed by atoms with Gasteiger partial charge in [-0.25, -0.2) is 4.98 Å². The summed E-state index contributed by atoms with van der Waals surface area (Å²) < 4.78 is 0. The Balaban J connectivity index is 2.22. The molecule has 0 saturated carbocycles. The highest BCUT2D eigenvalue weighted by Crippen LogP contribution is 2.03. The first-order valence-corrected chi connectivity index (χ1v) is 5.80. The molecule has 0 radical (unpaired) electrons. The summed E-state index contributed by atoms with van der Waals surface area (Å²) in [7, 11) is 0. The Labute approximate surface area is 115 Å². The lowest BCUT2D eigenvalue weighted by molar-refractivity contribution is 1.14. The lowest BCUT2D eigenvalue weighted by atomic mass is 10.2. The topological polar surface area (TPSA) is 89.4 Å². The Morgan fingerprint density at radius 1 is 1.21 bits per heavy atom. The Bertz CT molecular complexity index is 623. The van der Waals surface area contributed by atoms with Crippen LogP contribution < -0.4 is 5.73 Å². The van der Waals surface area contributed by atoms with Gasteiger partial charge in [0, 0.05) is 18.0 Å². The molecule has 0 saturated heterocycles. The molecule has 2 rings (SSSR count). The average Bonchev–Trinajstić information content (AvgIpc) is 2.45. The molecule has 2 N–H and O–H groups in total. The van der Waals surface area contributed by atoms with Crippen molar-refractivity contribution in [1.82, 2.24) is 15.0 Å². The van der Waals surface area contributed by atoms with Crippen LogP contribution in [0, 0.1) is 0 Å². The fraction of sp³-hybridized carbons (Fsp3) is 0.0833. The second kappa shape index (κ2) is 6.01. The summed E-state index contributed by atoms with van der Waals surface area (Å²) in [6, 6.07) is 3.71. The van der Waals surface area contributed by atoms with E-state index in [1.807, 2.05) is 19.1 Å². The van der Waals surface area contributed by atoms with Crippen molar-refractivity contribution < 1.29 is 0 Å². The smallest absolute Gasteiger partial charge is 0.173 e. The van der Waals surface area contributed by atoms with Gasteiger partial charge in [-0.1, -0.05) is 17.7 Å². The molecule has 0 spiro atoms. The quantitative estimate of drug-likeness (QED) is 0.523. The zero-order valence-corrected chi connectivity index (χ0v) is 10.9. The Kier molecular flexibility index (Phi) is 4.15. The van der Waals surface area contributed by atoms with E-state index in [9.17, 15) is 0 Å². The molecule has 0 aliphatic carbocycles. The summed E-state index contributed by atoms with van der Waals surface area (Å²) >= 11 is 5.72. The van der Waals surface area contributed by atoms with Crippen LogP contribution in [-0.2, 0) is 0 Å². The van der Waals surface area contributed by atoms with Crippen LogP contribution in [-0.4, -0.2) is 26.5 Å². The summed E-state index contributed by atoms with van der Waals surface area (Å²) in [6.45, 7) is 1.82. The molecular weight excluding hydrogens is 264 g/mol. The van der Waals surface area contributed by atoms with Gasteiger partial charge in [0.1, 0.15) is 10.8 Å². The van der Waals surface area contributed by atoms with E-state index in [4.69, 9.17) is 17.3 Å². The second-order valence-electron chi connectivity index (χ2n) is 3.64. The first kappa shape index (κ1) is 13.1. The van der Waals surface area contributed by atoms with Gasteiger partial charge < -0.3 is 5.73 Å². The van der Waals surface area contributed by atoms with Crippen molar-refractivity contribution in [2.45, 2.75) is 6.92 Å². The van der Waals surface area contributed by atoms with E-state index >= 15 is 0 Å². The van der Waals surface area contributed by atoms with Crippen molar-refractivity contribution in [3.05, 3.63) is 53.3 Å². The summed E-state index contributed by atoms with van der Waals surface area (Å²) in [6.07, 6.45) is 6.28. The van der Waals surface area contributed by atoms with Crippen LogP contribution in [0.5, 0.6) is 0 Å². The second-order valence-corrected chi connectivity index (χ2v) is 4.03. The average molecular weight is 275 g/mol. The number of rotatable bonds is 3. The number of aromatic nitrogens is 3. The largest absolute Gasteiger partial charge is 0.380 e. The van der Waals surface area contributed by atoms with Crippen molar-refractivity contribution >= 4 is 23.1 Å². The highest BCUT2D eigenvalue weighted by atomic mass is 35.5. The number of nitrogens with zero attached hydrogens (tertiary/aromatic N) is 5. The van der Waals surface area contributed by atoms with E-state index in [0.29, 0.717) is 11.4 Å². The molecule has 0 aromatic carbocycles. The predicted octanol–water partition coefficient (Wildman–Crippen LogP) is 1.65. The van der Waals surface area contributed by atoms with E-state index in [1.165, 1.54) is 12.4 Å². The minimum Gasteiger partial charge on any atom is -0.380 e. The van der Waals surface area contributed by atoms with Gasteiger partial charge >= 0.3 is 0 Å². The molecule has 19 heavy (non-hydrogen) atoms. The van der Waals surface area contributed by atoms with Crippen molar-refractivity contribution in [2.24, 2.45) is 15.9 Å². The maximum Gasteiger partial charge on any atom is 0.173 e. The number of amidine groups is 1. The maximum absolute atomic E-state index is 5.76. The van der Waals surface area contributed by atoms with Gasteiger partial charge in [0.15, 0.2) is 5.84 Å². The van der Waals surface area contributed by atoms with Crippen molar-refractivity contribution in [3.63, 3.8) is 0 Å². The van der Waals surface area contributed by atoms with Crippen LogP contribution in [0.2, 0.25) is 5.15 Å². The molecule has 0 atom stereocenters. The number of pyridine rings is 1. The highest BCUT2D eigenvalue weighted by molar-refractivity contribution is 6.29.